The summed E-state index contributed by atoms with van der Waals surface area (Å²) >= 11 is 0. The summed E-state index contributed by atoms with van der Waals surface area (Å²) in [6, 6.07) is 11.8. The maximum Gasteiger partial charge on any atom is 0.258 e. The normalized spacial score (nSPS) is 11.9. The number of phenolic OH excluding ortho intramolecular Hbond substituents is 1. The molecule has 2 rings (SSSR count). The van der Waals surface area contributed by atoms with Crippen LogP contribution in [0.4, 0.5) is 4.39 Å². The molecule has 2 aromatic carbocycles. The molecule has 0 bridgehead atoms. The van der Waals surface area contributed by atoms with Crippen LogP contribution in [-0.4, -0.2) is 22.7 Å². The Labute approximate surface area is 115 Å². The van der Waals surface area contributed by atoms with Gasteiger partial charge in [0.05, 0.1) is 12.6 Å². The number of phenols is 1. The van der Waals surface area contributed by atoms with Crippen molar-refractivity contribution < 1.29 is 19.4 Å². The van der Waals surface area contributed by atoms with Crippen LogP contribution in [0, 0.1) is 5.82 Å². The van der Waals surface area contributed by atoms with Crippen LogP contribution >= 0.6 is 0 Å². The Morgan fingerprint density at radius 3 is 2.45 bits per heavy atom. The highest BCUT2D eigenvalue weighted by Gasteiger charge is 2.20. The van der Waals surface area contributed by atoms with Crippen LogP contribution in [0.15, 0.2) is 48.5 Å². The van der Waals surface area contributed by atoms with Gasteiger partial charge in [-0.25, -0.2) is 4.39 Å². The van der Waals surface area contributed by atoms with Gasteiger partial charge in [-0.05, 0) is 17.7 Å². The minimum absolute atomic E-state index is 0.328. The summed E-state index contributed by atoms with van der Waals surface area (Å²) in [5.41, 5.74) is 0.265. The predicted octanol–water partition coefficient (Wildman–Crippen LogP) is 1.99. The number of rotatable bonds is 4. The summed E-state index contributed by atoms with van der Waals surface area (Å²) in [5.74, 6) is -2.02. The first-order chi connectivity index (χ1) is 9.63. The maximum atomic E-state index is 13.6. The molecule has 0 saturated heterocycles. The second kappa shape index (κ2) is 6.16. The highest BCUT2D eigenvalue weighted by atomic mass is 19.1. The van der Waals surface area contributed by atoms with Crippen molar-refractivity contribution in [2.24, 2.45) is 0 Å². The summed E-state index contributed by atoms with van der Waals surface area (Å²) in [4.78, 5) is 12.0. The summed E-state index contributed by atoms with van der Waals surface area (Å²) in [7, 11) is 0. The Hall–Kier alpha value is -2.40. The molecule has 20 heavy (non-hydrogen) atoms. The average molecular weight is 275 g/mol. The van der Waals surface area contributed by atoms with Crippen molar-refractivity contribution >= 4 is 5.91 Å². The number of amides is 1. The minimum Gasteiger partial charge on any atom is -0.507 e. The standard InChI is InChI=1S/C15H14FNO3/c16-11-7-4-8-13(19)14(11)15(20)17-12(9-18)10-5-2-1-3-6-10/h1-8,12,18-19H,9H2,(H,17,20)/t12-/m1/s1. The average Bonchev–Trinajstić information content (AvgIpc) is 2.45. The molecule has 1 atom stereocenters. The van der Waals surface area contributed by atoms with E-state index < -0.39 is 29.1 Å². The van der Waals surface area contributed by atoms with Gasteiger partial charge in [-0.3, -0.25) is 4.79 Å². The first-order valence-corrected chi connectivity index (χ1v) is 6.07. The maximum absolute atomic E-state index is 13.6. The Morgan fingerprint density at radius 2 is 1.85 bits per heavy atom. The van der Waals surface area contributed by atoms with Crippen LogP contribution in [0.5, 0.6) is 5.75 Å². The molecule has 0 aliphatic carbocycles. The first kappa shape index (κ1) is 14.0. The number of hydrogen-bond acceptors (Lipinski definition) is 3. The fourth-order valence-corrected chi connectivity index (χ4v) is 1.89. The summed E-state index contributed by atoms with van der Waals surface area (Å²) < 4.78 is 13.6. The van der Waals surface area contributed by atoms with Crippen molar-refractivity contribution in [1.29, 1.82) is 0 Å². The molecule has 5 heteroatoms. The number of halogens is 1. The summed E-state index contributed by atoms with van der Waals surface area (Å²) in [5, 5.41) is 21.4. The van der Waals surface area contributed by atoms with Gasteiger partial charge in [0.1, 0.15) is 17.1 Å². The molecule has 0 spiro atoms. The molecule has 0 unspecified atom stereocenters. The molecule has 1 amide bonds. The van der Waals surface area contributed by atoms with E-state index in [2.05, 4.69) is 5.32 Å². The fourth-order valence-electron chi connectivity index (χ4n) is 1.89. The third kappa shape index (κ3) is 2.95. The third-order valence-electron chi connectivity index (χ3n) is 2.91. The van der Waals surface area contributed by atoms with Gasteiger partial charge in [0.15, 0.2) is 0 Å². The van der Waals surface area contributed by atoms with Crippen molar-refractivity contribution in [2.45, 2.75) is 6.04 Å². The van der Waals surface area contributed by atoms with Crippen LogP contribution in [0.25, 0.3) is 0 Å². The first-order valence-electron chi connectivity index (χ1n) is 6.07. The van der Waals surface area contributed by atoms with Gasteiger partial charge in [-0.1, -0.05) is 36.4 Å². The number of aromatic hydroxyl groups is 1. The van der Waals surface area contributed by atoms with E-state index in [0.29, 0.717) is 5.56 Å². The Kier molecular flexibility index (Phi) is 4.32. The lowest BCUT2D eigenvalue weighted by Crippen LogP contribution is -2.31. The molecule has 0 aliphatic heterocycles. The van der Waals surface area contributed by atoms with Gasteiger partial charge in [0.25, 0.3) is 5.91 Å². The predicted molar refractivity (Wildman–Crippen MR) is 71.8 cm³/mol. The molecule has 0 heterocycles. The zero-order chi connectivity index (χ0) is 14.5. The highest BCUT2D eigenvalue weighted by molar-refractivity contribution is 5.97. The highest BCUT2D eigenvalue weighted by Crippen LogP contribution is 2.21. The van der Waals surface area contributed by atoms with Gasteiger partial charge in [-0.15, -0.1) is 0 Å². The number of nitrogens with one attached hydrogen (secondary N) is 1. The van der Waals surface area contributed by atoms with Gasteiger partial charge in [0, 0.05) is 0 Å². The molecule has 104 valence electrons. The van der Waals surface area contributed by atoms with E-state index in [-0.39, 0.29) is 6.61 Å². The number of aliphatic hydroxyl groups excluding tert-OH is 1. The van der Waals surface area contributed by atoms with E-state index in [1.165, 1.54) is 12.1 Å². The van der Waals surface area contributed by atoms with Crippen LogP contribution in [-0.2, 0) is 0 Å². The molecule has 0 aliphatic rings. The zero-order valence-electron chi connectivity index (χ0n) is 10.6. The number of aliphatic hydroxyl groups is 1. The van der Waals surface area contributed by atoms with Crippen LogP contribution in [0.2, 0.25) is 0 Å². The Morgan fingerprint density at radius 1 is 1.15 bits per heavy atom. The second-order valence-electron chi connectivity index (χ2n) is 4.25. The van der Waals surface area contributed by atoms with Crippen molar-refractivity contribution in [3.63, 3.8) is 0 Å². The minimum atomic E-state index is -0.813. The molecule has 0 fully saturated rings. The van der Waals surface area contributed by atoms with Crippen molar-refractivity contribution in [2.75, 3.05) is 6.61 Å². The number of benzene rings is 2. The van der Waals surface area contributed by atoms with Gasteiger partial charge in [0.2, 0.25) is 0 Å². The van der Waals surface area contributed by atoms with Crippen LogP contribution in [0.1, 0.15) is 22.0 Å². The van der Waals surface area contributed by atoms with E-state index in [9.17, 15) is 19.4 Å². The van der Waals surface area contributed by atoms with Crippen LogP contribution in [0.3, 0.4) is 0 Å². The molecule has 3 N–H and O–H groups in total. The van der Waals surface area contributed by atoms with Crippen molar-refractivity contribution in [3.8, 4) is 5.75 Å². The lowest BCUT2D eigenvalue weighted by Gasteiger charge is -2.17. The molecular weight excluding hydrogens is 261 g/mol. The van der Waals surface area contributed by atoms with E-state index in [4.69, 9.17) is 0 Å². The fraction of sp³-hybridized carbons (Fsp3) is 0.133. The molecule has 0 aromatic heterocycles. The Balaban J connectivity index is 2.22. The third-order valence-corrected chi connectivity index (χ3v) is 2.91. The number of hydrogen-bond donors (Lipinski definition) is 3. The Bertz CT molecular complexity index is 581. The van der Waals surface area contributed by atoms with Crippen molar-refractivity contribution in [1.82, 2.24) is 5.32 Å². The lowest BCUT2D eigenvalue weighted by molar-refractivity contribution is 0.0909. The smallest absolute Gasteiger partial charge is 0.258 e. The molecule has 0 radical (unpaired) electrons. The summed E-state index contributed by atoms with van der Waals surface area (Å²) in [6.45, 7) is -0.328. The molecule has 2 aromatic rings. The molecule has 0 saturated carbocycles. The second-order valence-corrected chi connectivity index (χ2v) is 4.25. The zero-order valence-corrected chi connectivity index (χ0v) is 10.6. The van der Waals surface area contributed by atoms with Gasteiger partial charge in [-0.2, -0.15) is 0 Å². The largest absolute Gasteiger partial charge is 0.507 e. The topological polar surface area (TPSA) is 69.6 Å². The number of carbonyl (C=O) groups excluding carboxylic acids is 1. The van der Waals surface area contributed by atoms with E-state index in [1.54, 1.807) is 24.3 Å². The lowest BCUT2D eigenvalue weighted by atomic mass is 10.1. The van der Waals surface area contributed by atoms with E-state index in [0.717, 1.165) is 6.07 Å². The van der Waals surface area contributed by atoms with E-state index >= 15 is 0 Å². The molecular formula is C15H14FNO3. The quantitative estimate of drug-likeness (QED) is 0.799. The summed E-state index contributed by atoms with van der Waals surface area (Å²) in [6.07, 6.45) is 0. The van der Waals surface area contributed by atoms with Crippen LogP contribution < -0.4 is 5.32 Å². The molecule has 4 nitrogen and oxygen atoms in total. The SMILES string of the molecule is O=C(N[C@H](CO)c1ccccc1)c1c(O)cccc1F. The number of carbonyl (C=O) groups is 1. The van der Waals surface area contributed by atoms with Crippen molar-refractivity contribution in [3.05, 3.63) is 65.5 Å². The monoisotopic (exact) mass is 275 g/mol. The van der Waals surface area contributed by atoms with Gasteiger partial charge >= 0.3 is 0 Å². The van der Waals surface area contributed by atoms with E-state index in [1.807, 2.05) is 6.07 Å². The van der Waals surface area contributed by atoms with Gasteiger partial charge < -0.3 is 15.5 Å².